The Kier molecular flexibility index (Phi) is 5.01. The quantitative estimate of drug-likeness (QED) is 0.898. The lowest BCUT2D eigenvalue weighted by molar-refractivity contribution is -0.135. The first-order valence-corrected chi connectivity index (χ1v) is 7.27. The largest absolute Gasteiger partial charge is 0.459 e. The van der Waals surface area contributed by atoms with Gasteiger partial charge in [-0.3, -0.25) is 9.59 Å². The molecule has 1 aromatic heterocycles. The van der Waals surface area contributed by atoms with Gasteiger partial charge >= 0.3 is 0 Å². The molecule has 1 fully saturated rings. The second-order valence-corrected chi connectivity index (χ2v) is 5.67. The number of aliphatic hydroxyl groups excluding tert-OH is 1. The Hall–Kier alpha value is -1.82. The highest BCUT2D eigenvalue weighted by Gasteiger charge is 2.27. The smallest absolute Gasteiger partial charge is 0.289 e. The van der Waals surface area contributed by atoms with Gasteiger partial charge in [0.15, 0.2) is 5.76 Å². The van der Waals surface area contributed by atoms with Gasteiger partial charge in [0.05, 0.1) is 18.8 Å². The van der Waals surface area contributed by atoms with Crippen LogP contribution in [0.4, 0.5) is 0 Å². The molecule has 1 unspecified atom stereocenters. The second-order valence-electron chi connectivity index (χ2n) is 5.67. The maximum absolute atomic E-state index is 12.1. The van der Waals surface area contributed by atoms with Crippen LogP contribution in [0.3, 0.4) is 0 Å². The third-order valence-corrected chi connectivity index (χ3v) is 3.80. The van der Waals surface area contributed by atoms with Crippen molar-refractivity contribution in [3.05, 3.63) is 24.2 Å². The van der Waals surface area contributed by atoms with E-state index in [-0.39, 0.29) is 24.2 Å². The molecule has 0 saturated carbocycles. The summed E-state index contributed by atoms with van der Waals surface area (Å²) in [4.78, 5) is 27.5. The number of hydrogen-bond donors (Lipinski definition) is 1. The molecule has 0 bridgehead atoms. The summed E-state index contributed by atoms with van der Waals surface area (Å²) >= 11 is 0. The normalized spacial score (nSPS) is 17.1. The summed E-state index contributed by atoms with van der Waals surface area (Å²) in [6.07, 6.45) is 1.00. The Morgan fingerprint density at radius 3 is 2.38 bits per heavy atom. The fourth-order valence-electron chi connectivity index (χ4n) is 2.26. The zero-order chi connectivity index (χ0) is 15.4. The predicted octanol–water partition coefficient (Wildman–Crippen LogP) is 0.971. The molecule has 0 aromatic carbocycles. The van der Waals surface area contributed by atoms with Crippen LogP contribution in [-0.2, 0) is 4.79 Å². The predicted molar refractivity (Wildman–Crippen MR) is 76.7 cm³/mol. The summed E-state index contributed by atoms with van der Waals surface area (Å²) in [6, 6.07) is 3.32. The molecule has 1 aliphatic rings. The molecule has 0 aliphatic carbocycles. The molecule has 6 heteroatoms. The maximum atomic E-state index is 12.1. The minimum atomic E-state index is -0.611. The molecule has 1 N–H and O–H groups in total. The minimum absolute atomic E-state index is 0.0544. The molecular weight excluding hydrogens is 272 g/mol. The number of carbonyl (C=O) groups excluding carboxylic acids is 2. The zero-order valence-corrected chi connectivity index (χ0v) is 12.5. The SMILES string of the molecule is CC(C)C(O)CC(=O)N1CCN(C(=O)c2ccco2)CC1. The van der Waals surface area contributed by atoms with Gasteiger partial charge < -0.3 is 19.3 Å². The third kappa shape index (κ3) is 3.85. The lowest BCUT2D eigenvalue weighted by Crippen LogP contribution is -2.51. The van der Waals surface area contributed by atoms with E-state index in [1.54, 1.807) is 21.9 Å². The molecule has 1 aromatic rings. The van der Waals surface area contributed by atoms with Crippen molar-refractivity contribution in [1.29, 1.82) is 0 Å². The standard InChI is InChI=1S/C15H22N2O4/c1-11(2)12(18)10-14(19)16-5-7-17(8-6-16)15(20)13-4-3-9-21-13/h3-4,9,11-12,18H,5-8,10H2,1-2H3. The van der Waals surface area contributed by atoms with Crippen LogP contribution in [0.15, 0.2) is 22.8 Å². The molecule has 0 radical (unpaired) electrons. The number of nitrogens with zero attached hydrogens (tertiary/aromatic N) is 2. The fraction of sp³-hybridized carbons (Fsp3) is 0.600. The van der Waals surface area contributed by atoms with E-state index in [0.717, 1.165) is 0 Å². The molecule has 116 valence electrons. The van der Waals surface area contributed by atoms with Gasteiger partial charge in [-0.25, -0.2) is 0 Å². The third-order valence-electron chi connectivity index (χ3n) is 3.80. The Balaban J connectivity index is 1.83. The highest BCUT2D eigenvalue weighted by atomic mass is 16.3. The summed E-state index contributed by atoms with van der Waals surface area (Å²) in [5, 5.41) is 9.77. The van der Waals surface area contributed by atoms with Crippen molar-refractivity contribution in [2.45, 2.75) is 26.4 Å². The Bertz CT molecular complexity index is 476. The van der Waals surface area contributed by atoms with Gasteiger partial charge in [0.1, 0.15) is 0 Å². The van der Waals surface area contributed by atoms with Crippen LogP contribution >= 0.6 is 0 Å². The molecule has 21 heavy (non-hydrogen) atoms. The first-order valence-electron chi connectivity index (χ1n) is 7.27. The summed E-state index contributed by atoms with van der Waals surface area (Å²) in [7, 11) is 0. The highest BCUT2D eigenvalue weighted by Crippen LogP contribution is 2.12. The van der Waals surface area contributed by atoms with Crippen LogP contribution < -0.4 is 0 Å². The lowest BCUT2D eigenvalue weighted by Gasteiger charge is -2.35. The molecule has 1 saturated heterocycles. The Morgan fingerprint density at radius 1 is 1.24 bits per heavy atom. The van der Waals surface area contributed by atoms with Crippen molar-refractivity contribution in [3.8, 4) is 0 Å². The molecule has 2 rings (SSSR count). The Labute approximate surface area is 124 Å². The minimum Gasteiger partial charge on any atom is -0.459 e. The van der Waals surface area contributed by atoms with Crippen LogP contribution in [-0.4, -0.2) is 59.0 Å². The summed E-state index contributed by atoms with van der Waals surface area (Å²) in [5.41, 5.74) is 0. The summed E-state index contributed by atoms with van der Waals surface area (Å²) < 4.78 is 5.10. The number of amides is 2. The first-order chi connectivity index (χ1) is 9.99. The Morgan fingerprint density at radius 2 is 1.86 bits per heavy atom. The number of rotatable bonds is 4. The van der Waals surface area contributed by atoms with E-state index < -0.39 is 6.10 Å². The van der Waals surface area contributed by atoms with E-state index >= 15 is 0 Å². The summed E-state index contributed by atoms with van der Waals surface area (Å²) in [5.74, 6) is 0.191. The number of hydrogen-bond acceptors (Lipinski definition) is 4. The van der Waals surface area contributed by atoms with Crippen molar-refractivity contribution in [3.63, 3.8) is 0 Å². The molecule has 0 spiro atoms. The molecule has 2 amide bonds. The van der Waals surface area contributed by atoms with E-state index in [4.69, 9.17) is 4.42 Å². The average molecular weight is 294 g/mol. The number of aliphatic hydroxyl groups is 1. The van der Waals surface area contributed by atoms with Gasteiger partial charge in [0.25, 0.3) is 5.91 Å². The second kappa shape index (κ2) is 6.76. The molecular formula is C15H22N2O4. The highest BCUT2D eigenvalue weighted by molar-refractivity contribution is 5.91. The van der Waals surface area contributed by atoms with E-state index in [9.17, 15) is 14.7 Å². The topological polar surface area (TPSA) is 74.0 Å². The van der Waals surface area contributed by atoms with E-state index in [0.29, 0.717) is 31.9 Å². The zero-order valence-electron chi connectivity index (χ0n) is 12.5. The van der Waals surface area contributed by atoms with Crippen LogP contribution in [0.1, 0.15) is 30.8 Å². The monoisotopic (exact) mass is 294 g/mol. The number of piperazine rings is 1. The van der Waals surface area contributed by atoms with Crippen LogP contribution in [0.5, 0.6) is 0 Å². The van der Waals surface area contributed by atoms with Crippen molar-refractivity contribution < 1.29 is 19.1 Å². The number of carbonyl (C=O) groups is 2. The molecule has 1 aliphatic heterocycles. The van der Waals surface area contributed by atoms with Crippen LogP contribution in [0.2, 0.25) is 0 Å². The van der Waals surface area contributed by atoms with Gasteiger partial charge in [-0.2, -0.15) is 0 Å². The van der Waals surface area contributed by atoms with Crippen molar-refractivity contribution in [2.75, 3.05) is 26.2 Å². The van der Waals surface area contributed by atoms with E-state index in [2.05, 4.69) is 0 Å². The molecule has 2 heterocycles. The van der Waals surface area contributed by atoms with Crippen molar-refractivity contribution in [1.82, 2.24) is 9.80 Å². The van der Waals surface area contributed by atoms with Crippen LogP contribution in [0, 0.1) is 5.92 Å². The molecule has 1 atom stereocenters. The van der Waals surface area contributed by atoms with Gasteiger partial charge in [-0.05, 0) is 18.1 Å². The number of furan rings is 1. The molecule has 6 nitrogen and oxygen atoms in total. The van der Waals surface area contributed by atoms with Gasteiger partial charge in [-0.1, -0.05) is 13.8 Å². The summed E-state index contributed by atoms with van der Waals surface area (Å²) in [6.45, 7) is 5.74. The van der Waals surface area contributed by atoms with Gasteiger partial charge in [0, 0.05) is 26.2 Å². The first kappa shape index (κ1) is 15.6. The van der Waals surface area contributed by atoms with Crippen molar-refractivity contribution >= 4 is 11.8 Å². The van der Waals surface area contributed by atoms with Crippen LogP contribution in [0.25, 0.3) is 0 Å². The maximum Gasteiger partial charge on any atom is 0.289 e. The van der Waals surface area contributed by atoms with Gasteiger partial charge in [-0.15, -0.1) is 0 Å². The van der Waals surface area contributed by atoms with E-state index in [1.165, 1.54) is 6.26 Å². The van der Waals surface area contributed by atoms with Gasteiger partial charge in [0.2, 0.25) is 5.91 Å². The van der Waals surface area contributed by atoms with Crippen molar-refractivity contribution in [2.24, 2.45) is 5.92 Å². The lowest BCUT2D eigenvalue weighted by atomic mass is 10.0. The average Bonchev–Trinajstić information content (AvgIpc) is 3.00. The fourth-order valence-corrected chi connectivity index (χ4v) is 2.26. The van der Waals surface area contributed by atoms with E-state index in [1.807, 2.05) is 13.8 Å².